The van der Waals surface area contributed by atoms with Crippen molar-refractivity contribution in [1.82, 2.24) is 5.43 Å². The number of rotatable bonds is 7. The van der Waals surface area contributed by atoms with Crippen molar-refractivity contribution in [3.05, 3.63) is 75.0 Å². The molecule has 0 aliphatic heterocycles. The maximum atomic E-state index is 12.3. The normalized spacial score (nSPS) is 10.8. The van der Waals surface area contributed by atoms with Crippen molar-refractivity contribution in [3.63, 3.8) is 0 Å². The van der Waals surface area contributed by atoms with Gasteiger partial charge in [-0.1, -0.05) is 11.6 Å². The lowest BCUT2D eigenvalue weighted by Gasteiger charge is -2.07. The lowest BCUT2D eigenvalue weighted by Crippen LogP contribution is -2.17. The Kier molecular flexibility index (Phi) is 6.33. The molecule has 0 saturated heterocycles. The van der Waals surface area contributed by atoms with E-state index in [9.17, 15) is 14.9 Å². The molecule has 154 valence electrons. The maximum absolute atomic E-state index is 12.3. The fourth-order valence-electron chi connectivity index (χ4n) is 2.54. The van der Waals surface area contributed by atoms with Crippen LogP contribution in [0.2, 0.25) is 5.02 Å². The van der Waals surface area contributed by atoms with Gasteiger partial charge in [-0.2, -0.15) is 5.10 Å². The number of benzene rings is 2. The van der Waals surface area contributed by atoms with E-state index in [-0.39, 0.29) is 10.7 Å². The third-order valence-electron chi connectivity index (χ3n) is 4.03. The number of amides is 1. The van der Waals surface area contributed by atoms with Gasteiger partial charge < -0.3 is 13.9 Å². The zero-order valence-electron chi connectivity index (χ0n) is 15.9. The molecule has 0 spiro atoms. The number of halogens is 1. The summed E-state index contributed by atoms with van der Waals surface area (Å²) in [4.78, 5) is 22.7. The third kappa shape index (κ3) is 4.76. The minimum Gasteiger partial charge on any atom is -0.497 e. The van der Waals surface area contributed by atoms with Crippen molar-refractivity contribution < 1.29 is 23.6 Å². The van der Waals surface area contributed by atoms with Crippen molar-refractivity contribution in [2.45, 2.75) is 0 Å². The predicted molar refractivity (Wildman–Crippen MR) is 110 cm³/mol. The van der Waals surface area contributed by atoms with Gasteiger partial charge in [0.05, 0.1) is 25.4 Å². The molecule has 3 rings (SSSR count). The van der Waals surface area contributed by atoms with Crippen molar-refractivity contribution in [2.75, 3.05) is 14.2 Å². The molecule has 0 atom stereocenters. The fraction of sp³-hybridized carbons (Fsp3) is 0.100. The Labute approximate surface area is 176 Å². The molecule has 1 aromatic heterocycles. The Morgan fingerprint density at radius 2 is 1.83 bits per heavy atom. The van der Waals surface area contributed by atoms with Crippen molar-refractivity contribution in [3.8, 4) is 22.8 Å². The van der Waals surface area contributed by atoms with Crippen LogP contribution in [0.1, 0.15) is 16.1 Å². The van der Waals surface area contributed by atoms with Crippen LogP contribution >= 0.6 is 11.6 Å². The first-order valence-electron chi connectivity index (χ1n) is 8.52. The van der Waals surface area contributed by atoms with Crippen LogP contribution in [0.3, 0.4) is 0 Å². The molecule has 3 aromatic rings. The Bertz CT molecular complexity index is 1100. The van der Waals surface area contributed by atoms with E-state index in [0.29, 0.717) is 34.1 Å². The van der Waals surface area contributed by atoms with Gasteiger partial charge in [0, 0.05) is 23.3 Å². The van der Waals surface area contributed by atoms with Gasteiger partial charge in [0.15, 0.2) is 0 Å². The average Bonchev–Trinajstić information content (AvgIpc) is 3.22. The summed E-state index contributed by atoms with van der Waals surface area (Å²) >= 11 is 5.82. The SMILES string of the molecule is COc1cc(OC)cc(C(=O)N/N=C\c2ccc(-c3ccc(Cl)c([N+](=O)[O-])c3)o2)c1. The number of nitrogens with one attached hydrogen (secondary N) is 1. The largest absolute Gasteiger partial charge is 0.497 e. The highest BCUT2D eigenvalue weighted by Crippen LogP contribution is 2.31. The first-order chi connectivity index (χ1) is 14.4. The van der Waals surface area contributed by atoms with Gasteiger partial charge in [0.1, 0.15) is 28.0 Å². The second kappa shape index (κ2) is 9.10. The molecule has 0 saturated carbocycles. The number of nitro benzene ring substituents is 1. The summed E-state index contributed by atoms with van der Waals surface area (Å²) in [5.41, 5.74) is 2.95. The molecule has 0 unspecified atom stereocenters. The summed E-state index contributed by atoms with van der Waals surface area (Å²) in [6.45, 7) is 0. The van der Waals surface area contributed by atoms with Gasteiger partial charge in [0.25, 0.3) is 11.6 Å². The highest BCUT2D eigenvalue weighted by atomic mass is 35.5. The van der Waals surface area contributed by atoms with Crippen LogP contribution in [0.25, 0.3) is 11.3 Å². The molecule has 2 aromatic carbocycles. The molecule has 1 amide bonds. The number of hydrogen-bond acceptors (Lipinski definition) is 7. The smallest absolute Gasteiger partial charge is 0.288 e. The Hall–Kier alpha value is -3.85. The first kappa shape index (κ1) is 20.9. The number of carbonyl (C=O) groups excluding carboxylic acids is 1. The zero-order chi connectivity index (χ0) is 21.7. The fourth-order valence-corrected chi connectivity index (χ4v) is 2.73. The number of furan rings is 1. The van der Waals surface area contributed by atoms with Crippen molar-refractivity contribution in [1.29, 1.82) is 0 Å². The highest BCUT2D eigenvalue weighted by Gasteiger charge is 2.15. The second-order valence-electron chi connectivity index (χ2n) is 5.93. The van der Waals surface area contributed by atoms with Gasteiger partial charge in [-0.3, -0.25) is 14.9 Å². The topological polar surface area (TPSA) is 116 Å². The Morgan fingerprint density at radius 3 is 2.47 bits per heavy atom. The van der Waals surface area contributed by atoms with Gasteiger partial charge in [-0.05, 0) is 36.4 Å². The monoisotopic (exact) mass is 429 g/mol. The molecule has 0 aliphatic rings. The highest BCUT2D eigenvalue weighted by molar-refractivity contribution is 6.32. The quantitative estimate of drug-likeness (QED) is 0.340. The maximum Gasteiger partial charge on any atom is 0.288 e. The van der Waals surface area contributed by atoms with Crippen LogP contribution < -0.4 is 14.9 Å². The molecule has 1 heterocycles. The van der Waals surface area contributed by atoms with Crippen LogP contribution in [0.4, 0.5) is 5.69 Å². The molecule has 0 radical (unpaired) electrons. The molecule has 30 heavy (non-hydrogen) atoms. The van der Waals surface area contributed by atoms with Crippen LogP contribution in [-0.2, 0) is 0 Å². The zero-order valence-corrected chi connectivity index (χ0v) is 16.7. The summed E-state index contributed by atoms with van der Waals surface area (Å²) in [7, 11) is 2.97. The number of hydrazone groups is 1. The number of nitrogens with zero attached hydrogens (tertiary/aromatic N) is 2. The van der Waals surface area contributed by atoms with E-state index in [0.717, 1.165) is 0 Å². The summed E-state index contributed by atoms with van der Waals surface area (Å²) in [6, 6.07) is 12.3. The van der Waals surface area contributed by atoms with Crippen LogP contribution in [0.15, 0.2) is 58.0 Å². The second-order valence-corrected chi connectivity index (χ2v) is 6.33. The number of nitro groups is 1. The summed E-state index contributed by atoms with van der Waals surface area (Å²) in [5, 5.41) is 14.9. The van der Waals surface area contributed by atoms with E-state index >= 15 is 0 Å². The van der Waals surface area contributed by atoms with E-state index < -0.39 is 10.8 Å². The molecule has 1 N–H and O–H groups in total. The molecule has 0 aliphatic carbocycles. The minimum atomic E-state index is -0.569. The Morgan fingerprint density at radius 1 is 1.13 bits per heavy atom. The van der Waals surface area contributed by atoms with Crippen molar-refractivity contribution in [2.24, 2.45) is 5.10 Å². The molecule has 10 heteroatoms. The summed E-state index contributed by atoms with van der Waals surface area (Å²) in [5.74, 6) is 1.20. The molecular weight excluding hydrogens is 414 g/mol. The average molecular weight is 430 g/mol. The number of hydrogen-bond donors (Lipinski definition) is 1. The molecule has 0 fully saturated rings. The van der Waals surface area contributed by atoms with E-state index in [1.54, 1.807) is 36.4 Å². The van der Waals surface area contributed by atoms with E-state index in [2.05, 4.69) is 10.5 Å². The van der Waals surface area contributed by atoms with E-state index in [1.807, 2.05) is 0 Å². The van der Waals surface area contributed by atoms with E-state index in [1.165, 1.54) is 32.6 Å². The Balaban J connectivity index is 1.71. The van der Waals surface area contributed by atoms with Crippen LogP contribution in [0, 0.1) is 10.1 Å². The lowest BCUT2D eigenvalue weighted by molar-refractivity contribution is -0.384. The van der Waals surface area contributed by atoms with Crippen molar-refractivity contribution >= 4 is 29.4 Å². The molecular formula is C20H16ClN3O6. The lowest BCUT2D eigenvalue weighted by atomic mass is 10.1. The van der Waals surface area contributed by atoms with Gasteiger partial charge in [-0.15, -0.1) is 0 Å². The summed E-state index contributed by atoms with van der Waals surface area (Å²) in [6.07, 6.45) is 1.31. The minimum absolute atomic E-state index is 0.0361. The van der Waals surface area contributed by atoms with Crippen LogP contribution in [0.5, 0.6) is 11.5 Å². The summed E-state index contributed by atoms with van der Waals surface area (Å²) < 4.78 is 15.9. The van der Waals surface area contributed by atoms with Crippen LogP contribution in [-0.4, -0.2) is 31.3 Å². The standard InChI is InChI=1S/C20H16ClN3O6/c1-28-15-7-13(8-16(10-15)29-2)20(25)23-22-11-14-4-6-19(30-14)12-3-5-17(21)18(9-12)24(26)27/h3-11H,1-2H3,(H,23,25)/b22-11-. The molecule has 9 nitrogen and oxygen atoms in total. The molecule has 0 bridgehead atoms. The third-order valence-corrected chi connectivity index (χ3v) is 4.35. The van der Waals surface area contributed by atoms with Gasteiger partial charge >= 0.3 is 0 Å². The number of ether oxygens (including phenoxy) is 2. The number of methoxy groups -OCH3 is 2. The van der Waals surface area contributed by atoms with Gasteiger partial charge in [-0.25, -0.2) is 5.43 Å². The van der Waals surface area contributed by atoms with Gasteiger partial charge in [0.2, 0.25) is 0 Å². The number of carbonyl (C=O) groups is 1. The van der Waals surface area contributed by atoms with E-state index in [4.69, 9.17) is 25.5 Å². The first-order valence-corrected chi connectivity index (χ1v) is 8.89. The predicted octanol–water partition coefficient (Wildman–Crippen LogP) is 4.29.